The molecule has 1 aromatic carbocycles. The summed E-state index contributed by atoms with van der Waals surface area (Å²) in [5, 5.41) is 11.8. The molecule has 0 saturated carbocycles. The van der Waals surface area contributed by atoms with Crippen LogP contribution in [-0.2, 0) is 6.54 Å². The Morgan fingerprint density at radius 2 is 2.06 bits per heavy atom. The Bertz CT molecular complexity index is 374. The minimum Gasteiger partial charge on any atom is -0.409 e. The molecule has 4 nitrogen and oxygen atoms in total. The van der Waals surface area contributed by atoms with Crippen LogP contribution in [-0.4, -0.2) is 29.0 Å². The molecular formula is C12H19N3O. The van der Waals surface area contributed by atoms with E-state index in [0.717, 1.165) is 17.7 Å². The van der Waals surface area contributed by atoms with Gasteiger partial charge < -0.3 is 10.9 Å². The van der Waals surface area contributed by atoms with Gasteiger partial charge in [0.2, 0.25) is 0 Å². The van der Waals surface area contributed by atoms with Crippen molar-refractivity contribution >= 4 is 5.84 Å². The van der Waals surface area contributed by atoms with E-state index in [1.54, 1.807) is 0 Å². The minimum atomic E-state index is 0.160. The van der Waals surface area contributed by atoms with E-state index in [2.05, 4.69) is 23.9 Å². The Kier molecular flexibility index (Phi) is 4.31. The highest BCUT2D eigenvalue weighted by molar-refractivity contribution is 5.98. The van der Waals surface area contributed by atoms with Gasteiger partial charge in [-0.2, -0.15) is 0 Å². The molecule has 4 heteroatoms. The second-order valence-corrected chi connectivity index (χ2v) is 4.15. The van der Waals surface area contributed by atoms with Crippen molar-refractivity contribution in [1.29, 1.82) is 0 Å². The van der Waals surface area contributed by atoms with Crippen LogP contribution in [0, 0.1) is 0 Å². The van der Waals surface area contributed by atoms with E-state index < -0.39 is 0 Å². The maximum Gasteiger partial charge on any atom is 0.170 e. The van der Waals surface area contributed by atoms with Crippen LogP contribution in [0.4, 0.5) is 0 Å². The molecule has 3 N–H and O–H groups in total. The van der Waals surface area contributed by atoms with Crippen LogP contribution in [0.1, 0.15) is 25.0 Å². The molecule has 16 heavy (non-hydrogen) atoms. The summed E-state index contributed by atoms with van der Waals surface area (Å²) < 4.78 is 0. The average molecular weight is 221 g/mol. The predicted molar refractivity (Wildman–Crippen MR) is 65.6 cm³/mol. The highest BCUT2D eigenvalue weighted by atomic mass is 16.4. The van der Waals surface area contributed by atoms with Gasteiger partial charge in [-0.05, 0) is 26.5 Å². The lowest BCUT2D eigenvalue weighted by molar-refractivity contribution is 0.265. The molecule has 0 amide bonds. The molecule has 0 unspecified atom stereocenters. The Balaban J connectivity index is 2.96. The summed E-state index contributed by atoms with van der Waals surface area (Å²) in [5.41, 5.74) is 7.48. The van der Waals surface area contributed by atoms with E-state index in [1.807, 2.05) is 31.3 Å². The van der Waals surface area contributed by atoms with Gasteiger partial charge in [0.1, 0.15) is 0 Å². The smallest absolute Gasteiger partial charge is 0.170 e. The quantitative estimate of drug-likeness (QED) is 0.351. The number of hydrogen-bond acceptors (Lipinski definition) is 3. The van der Waals surface area contributed by atoms with E-state index in [-0.39, 0.29) is 5.84 Å². The van der Waals surface area contributed by atoms with Gasteiger partial charge in [-0.15, -0.1) is 0 Å². The monoisotopic (exact) mass is 221 g/mol. The maximum absolute atomic E-state index is 8.71. The van der Waals surface area contributed by atoms with Crippen molar-refractivity contribution in [3.63, 3.8) is 0 Å². The Labute approximate surface area is 96.4 Å². The second-order valence-electron chi connectivity index (χ2n) is 4.15. The molecule has 0 bridgehead atoms. The summed E-state index contributed by atoms with van der Waals surface area (Å²) in [6.45, 7) is 5.04. The van der Waals surface area contributed by atoms with Crippen LogP contribution in [0.3, 0.4) is 0 Å². The molecule has 0 aliphatic carbocycles. The summed E-state index contributed by atoms with van der Waals surface area (Å²) in [6, 6.07) is 8.15. The third-order valence-corrected chi connectivity index (χ3v) is 2.70. The fourth-order valence-corrected chi connectivity index (χ4v) is 1.41. The van der Waals surface area contributed by atoms with Crippen molar-refractivity contribution in [1.82, 2.24) is 4.90 Å². The van der Waals surface area contributed by atoms with Crippen LogP contribution in [0.2, 0.25) is 0 Å². The number of nitrogens with two attached hydrogens (primary N) is 1. The molecule has 1 rings (SSSR count). The van der Waals surface area contributed by atoms with Crippen LogP contribution in [0.15, 0.2) is 29.4 Å². The second kappa shape index (κ2) is 5.51. The zero-order chi connectivity index (χ0) is 12.1. The summed E-state index contributed by atoms with van der Waals surface area (Å²) in [6.07, 6.45) is 0. The Morgan fingerprint density at radius 1 is 1.44 bits per heavy atom. The lowest BCUT2D eigenvalue weighted by atomic mass is 10.1. The van der Waals surface area contributed by atoms with E-state index in [0.29, 0.717) is 6.04 Å². The first-order chi connectivity index (χ1) is 7.56. The highest BCUT2D eigenvalue weighted by Gasteiger charge is 2.10. The first kappa shape index (κ1) is 12.5. The van der Waals surface area contributed by atoms with E-state index >= 15 is 0 Å². The van der Waals surface area contributed by atoms with Crippen LogP contribution in [0.25, 0.3) is 0 Å². The van der Waals surface area contributed by atoms with Crippen LogP contribution < -0.4 is 5.73 Å². The predicted octanol–water partition coefficient (Wildman–Crippen LogP) is 1.62. The van der Waals surface area contributed by atoms with Crippen LogP contribution >= 0.6 is 0 Å². The standard InChI is InChI=1S/C12H19N3O/c1-9(2)15(3)8-10-6-4-5-7-11(10)12(13)14-16/h4-7,9,16H,8H2,1-3H3,(H2,13,14). The fourth-order valence-electron chi connectivity index (χ4n) is 1.41. The van der Waals surface area contributed by atoms with E-state index in [1.165, 1.54) is 0 Å². The fraction of sp³-hybridized carbons (Fsp3) is 0.417. The van der Waals surface area contributed by atoms with Gasteiger partial charge in [-0.25, -0.2) is 0 Å². The van der Waals surface area contributed by atoms with Crippen molar-refractivity contribution in [3.05, 3.63) is 35.4 Å². The SMILES string of the molecule is CC(C)N(C)Cc1ccccc1/C(N)=N/O. The van der Waals surface area contributed by atoms with Crippen molar-refractivity contribution < 1.29 is 5.21 Å². The van der Waals surface area contributed by atoms with Gasteiger partial charge in [0.15, 0.2) is 5.84 Å². The molecule has 0 fully saturated rings. The summed E-state index contributed by atoms with van der Waals surface area (Å²) >= 11 is 0. The summed E-state index contributed by atoms with van der Waals surface area (Å²) in [4.78, 5) is 2.20. The first-order valence-electron chi connectivity index (χ1n) is 5.32. The maximum atomic E-state index is 8.71. The third kappa shape index (κ3) is 2.97. The number of oxime groups is 1. The molecular weight excluding hydrogens is 202 g/mol. The van der Waals surface area contributed by atoms with Gasteiger partial charge >= 0.3 is 0 Å². The molecule has 0 atom stereocenters. The van der Waals surface area contributed by atoms with E-state index in [9.17, 15) is 0 Å². The summed E-state index contributed by atoms with van der Waals surface area (Å²) in [7, 11) is 2.05. The van der Waals surface area contributed by atoms with Crippen molar-refractivity contribution in [2.24, 2.45) is 10.9 Å². The highest BCUT2D eigenvalue weighted by Crippen LogP contribution is 2.12. The largest absolute Gasteiger partial charge is 0.409 e. The van der Waals surface area contributed by atoms with Gasteiger partial charge in [-0.1, -0.05) is 29.4 Å². The van der Waals surface area contributed by atoms with Gasteiger partial charge in [0.25, 0.3) is 0 Å². The number of nitrogens with zero attached hydrogens (tertiary/aromatic N) is 2. The van der Waals surface area contributed by atoms with E-state index in [4.69, 9.17) is 10.9 Å². The van der Waals surface area contributed by atoms with Crippen molar-refractivity contribution in [2.75, 3.05) is 7.05 Å². The number of benzene rings is 1. The topological polar surface area (TPSA) is 61.8 Å². The zero-order valence-electron chi connectivity index (χ0n) is 10.0. The molecule has 0 aromatic heterocycles. The van der Waals surface area contributed by atoms with Gasteiger partial charge in [0, 0.05) is 18.2 Å². The molecule has 0 radical (unpaired) electrons. The molecule has 0 aliphatic rings. The molecule has 0 spiro atoms. The number of rotatable bonds is 4. The molecule has 0 heterocycles. The minimum absolute atomic E-state index is 0.160. The molecule has 88 valence electrons. The first-order valence-corrected chi connectivity index (χ1v) is 5.32. The van der Waals surface area contributed by atoms with Gasteiger partial charge in [0.05, 0.1) is 0 Å². The average Bonchev–Trinajstić information content (AvgIpc) is 2.28. The van der Waals surface area contributed by atoms with Gasteiger partial charge in [-0.3, -0.25) is 4.90 Å². The lowest BCUT2D eigenvalue weighted by Gasteiger charge is -2.22. The lowest BCUT2D eigenvalue weighted by Crippen LogP contribution is -2.27. The number of hydrogen-bond donors (Lipinski definition) is 2. The number of amidine groups is 1. The van der Waals surface area contributed by atoms with Crippen molar-refractivity contribution in [2.45, 2.75) is 26.4 Å². The normalized spacial score (nSPS) is 12.4. The molecule has 1 aromatic rings. The van der Waals surface area contributed by atoms with Crippen LogP contribution in [0.5, 0.6) is 0 Å². The summed E-state index contributed by atoms with van der Waals surface area (Å²) in [5.74, 6) is 0.160. The Hall–Kier alpha value is -1.55. The van der Waals surface area contributed by atoms with Crippen molar-refractivity contribution in [3.8, 4) is 0 Å². The third-order valence-electron chi connectivity index (χ3n) is 2.70. The Morgan fingerprint density at radius 3 is 2.62 bits per heavy atom. The molecule has 0 aliphatic heterocycles. The molecule has 0 saturated heterocycles. The zero-order valence-corrected chi connectivity index (χ0v) is 10.0.